The SMILES string of the molecule is COC(=O)C1CCCN(c2ccc(C#N)c([N+](=O)[O-])c2)C1. The Kier molecular flexibility index (Phi) is 4.38. The van der Waals surface area contributed by atoms with Crippen LogP contribution in [0.5, 0.6) is 0 Å². The summed E-state index contributed by atoms with van der Waals surface area (Å²) in [7, 11) is 1.35. The number of piperidine rings is 1. The van der Waals surface area contributed by atoms with E-state index >= 15 is 0 Å². The Morgan fingerprint density at radius 2 is 2.33 bits per heavy atom. The van der Waals surface area contributed by atoms with Crippen LogP contribution in [0.25, 0.3) is 0 Å². The van der Waals surface area contributed by atoms with Gasteiger partial charge in [-0.15, -0.1) is 0 Å². The summed E-state index contributed by atoms with van der Waals surface area (Å²) in [5.41, 5.74) is 0.467. The van der Waals surface area contributed by atoms with Crippen molar-refractivity contribution < 1.29 is 14.5 Å². The Balaban J connectivity index is 2.26. The first-order valence-electron chi connectivity index (χ1n) is 6.58. The molecule has 2 rings (SSSR count). The molecule has 0 bridgehead atoms. The number of nitriles is 1. The summed E-state index contributed by atoms with van der Waals surface area (Å²) >= 11 is 0. The third-order valence-electron chi connectivity index (χ3n) is 3.62. The summed E-state index contributed by atoms with van der Waals surface area (Å²) in [4.78, 5) is 24.0. The average molecular weight is 289 g/mol. The largest absolute Gasteiger partial charge is 0.469 e. The minimum Gasteiger partial charge on any atom is -0.469 e. The Morgan fingerprint density at radius 1 is 1.57 bits per heavy atom. The topological polar surface area (TPSA) is 96.5 Å². The second kappa shape index (κ2) is 6.22. The fourth-order valence-electron chi connectivity index (χ4n) is 2.53. The van der Waals surface area contributed by atoms with Gasteiger partial charge in [0.25, 0.3) is 5.69 Å². The molecule has 1 aromatic rings. The Labute approximate surface area is 121 Å². The smallest absolute Gasteiger partial charge is 0.310 e. The first kappa shape index (κ1) is 14.8. The van der Waals surface area contributed by atoms with Crippen molar-refractivity contribution in [3.8, 4) is 6.07 Å². The number of rotatable bonds is 3. The molecule has 1 unspecified atom stereocenters. The van der Waals surface area contributed by atoms with E-state index in [1.165, 1.54) is 19.2 Å². The van der Waals surface area contributed by atoms with E-state index in [2.05, 4.69) is 0 Å². The lowest BCUT2D eigenvalue weighted by molar-refractivity contribution is -0.385. The van der Waals surface area contributed by atoms with Crippen LogP contribution in [-0.2, 0) is 9.53 Å². The number of carbonyl (C=O) groups is 1. The zero-order chi connectivity index (χ0) is 15.4. The summed E-state index contributed by atoms with van der Waals surface area (Å²) in [6.45, 7) is 1.19. The second-order valence-electron chi connectivity index (χ2n) is 4.88. The predicted octanol–water partition coefficient (Wildman–Crippen LogP) is 1.86. The summed E-state index contributed by atoms with van der Waals surface area (Å²) in [5, 5.41) is 19.9. The van der Waals surface area contributed by atoms with E-state index in [1.807, 2.05) is 11.0 Å². The van der Waals surface area contributed by atoms with Crippen LogP contribution in [0.2, 0.25) is 0 Å². The van der Waals surface area contributed by atoms with Crippen LogP contribution in [0.1, 0.15) is 18.4 Å². The summed E-state index contributed by atoms with van der Waals surface area (Å²) in [5.74, 6) is -0.485. The van der Waals surface area contributed by atoms with Crippen LogP contribution in [0.4, 0.5) is 11.4 Å². The van der Waals surface area contributed by atoms with Crippen LogP contribution in [0, 0.1) is 27.4 Å². The van der Waals surface area contributed by atoms with E-state index in [4.69, 9.17) is 10.00 Å². The van der Waals surface area contributed by atoms with Crippen molar-refractivity contribution in [2.24, 2.45) is 5.92 Å². The van der Waals surface area contributed by atoms with Gasteiger partial charge in [-0.05, 0) is 25.0 Å². The van der Waals surface area contributed by atoms with Crippen molar-refractivity contribution in [2.45, 2.75) is 12.8 Å². The number of anilines is 1. The molecular formula is C14H15N3O4. The van der Waals surface area contributed by atoms with Crippen molar-refractivity contribution in [2.75, 3.05) is 25.1 Å². The molecule has 0 radical (unpaired) electrons. The molecule has 1 atom stereocenters. The summed E-state index contributed by atoms with van der Waals surface area (Å²) < 4.78 is 4.76. The molecule has 1 aliphatic rings. The molecule has 1 fully saturated rings. The van der Waals surface area contributed by atoms with Gasteiger partial charge in [0.05, 0.1) is 18.0 Å². The molecule has 0 aliphatic carbocycles. The van der Waals surface area contributed by atoms with Gasteiger partial charge in [0.15, 0.2) is 0 Å². The van der Waals surface area contributed by atoms with Crippen molar-refractivity contribution in [3.05, 3.63) is 33.9 Å². The lowest BCUT2D eigenvalue weighted by Crippen LogP contribution is -2.39. The molecule has 0 saturated carbocycles. The van der Waals surface area contributed by atoms with Gasteiger partial charge in [-0.2, -0.15) is 5.26 Å². The van der Waals surface area contributed by atoms with Crippen molar-refractivity contribution >= 4 is 17.3 Å². The Bertz CT molecular complexity index is 609. The van der Waals surface area contributed by atoms with Crippen LogP contribution in [0.15, 0.2) is 18.2 Å². The van der Waals surface area contributed by atoms with E-state index in [1.54, 1.807) is 6.07 Å². The fraction of sp³-hybridized carbons (Fsp3) is 0.429. The standard InChI is InChI=1S/C14H15N3O4/c1-21-14(18)11-3-2-6-16(9-11)12-5-4-10(8-15)13(7-12)17(19)20/h4-5,7,11H,2-3,6,9H2,1H3. The molecule has 1 heterocycles. The molecule has 7 nitrogen and oxygen atoms in total. The third kappa shape index (κ3) is 3.11. The number of hydrogen-bond acceptors (Lipinski definition) is 6. The van der Waals surface area contributed by atoms with E-state index in [-0.39, 0.29) is 23.1 Å². The predicted molar refractivity (Wildman–Crippen MR) is 74.8 cm³/mol. The Hall–Kier alpha value is -2.62. The van der Waals surface area contributed by atoms with Crippen LogP contribution >= 0.6 is 0 Å². The molecule has 110 valence electrons. The number of ether oxygens (including phenoxy) is 1. The van der Waals surface area contributed by atoms with Crippen molar-refractivity contribution in [1.82, 2.24) is 0 Å². The highest BCUT2D eigenvalue weighted by molar-refractivity contribution is 5.73. The van der Waals surface area contributed by atoms with Gasteiger partial charge in [-0.25, -0.2) is 0 Å². The quantitative estimate of drug-likeness (QED) is 0.478. The number of nitro benzene ring substituents is 1. The van der Waals surface area contributed by atoms with Gasteiger partial charge in [0.2, 0.25) is 0 Å². The highest BCUT2D eigenvalue weighted by Gasteiger charge is 2.27. The number of nitrogens with zero attached hydrogens (tertiary/aromatic N) is 3. The van der Waals surface area contributed by atoms with Crippen LogP contribution in [-0.4, -0.2) is 31.1 Å². The molecule has 0 amide bonds. The van der Waals surface area contributed by atoms with Gasteiger partial charge >= 0.3 is 5.97 Å². The maximum atomic E-state index is 11.6. The first-order chi connectivity index (χ1) is 10.1. The molecule has 1 aliphatic heterocycles. The first-order valence-corrected chi connectivity index (χ1v) is 6.58. The van der Waals surface area contributed by atoms with Gasteiger partial charge in [-0.1, -0.05) is 0 Å². The zero-order valence-electron chi connectivity index (χ0n) is 11.6. The Morgan fingerprint density at radius 3 is 2.95 bits per heavy atom. The lowest BCUT2D eigenvalue weighted by Gasteiger charge is -2.33. The number of nitro groups is 1. The molecular weight excluding hydrogens is 274 g/mol. The van der Waals surface area contributed by atoms with E-state index in [9.17, 15) is 14.9 Å². The highest BCUT2D eigenvalue weighted by Crippen LogP contribution is 2.28. The van der Waals surface area contributed by atoms with E-state index < -0.39 is 4.92 Å². The lowest BCUT2D eigenvalue weighted by atomic mass is 9.97. The van der Waals surface area contributed by atoms with E-state index in [0.717, 1.165) is 19.4 Å². The molecule has 1 saturated heterocycles. The maximum absolute atomic E-state index is 11.6. The summed E-state index contributed by atoms with van der Waals surface area (Å²) in [6.07, 6.45) is 1.56. The fourth-order valence-corrected chi connectivity index (χ4v) is 2.53. The van der Waals surface area contributed by atoms with Crippen molar-refractivity contribution in [3.63, 3.8) is 0 Å². The van der Waals surface area contributed by atoms with Gasteiger partial charge in [0.1, 0.15) is 11.6 Å². The molecule has 0 spiro atoms. The van der Waals surface area contributed by atoms with Crippen LogP contribution < -0.4 is 4.90 Å². The van der Waals surface area contributed by atoms with E-state index in [0.29, 0.717) is 12.2 Å². The van der Waals surface area contributed by atoms with Gasteiger partial charge in [-0.3, -0.25) is 14.9 Å². The van der Waals surface area contributed by atoms with Gasteiger partial charge in [0, 0.05) is 24.8 Å². The highest BCUT2D eigenvalue weighted by atomic mass is 16.6. The van der Waals surface area contributed by atoms with Crippen LogP contribution in [0.3, 0.4) is 0 Å². The number of methoxy groups -OCH3 is 1. The van der Waals surface area contributed by atoms with Gasteiger partial charge < -0.3 is 9.64 Å². The number of benzene rings is 1. The number of carbonyl (C=O) groups excluding carboxylic acids is 1. The molecule has 7 heteroatoms. The maximum Gasteiger partial charge on any atom is 0.310 e. The molecule has 0 aromatic heterocycles. The number of hydrogen-bond donors (Lipinski definition) is 0. The molecule has 21 heavy (non-hydrogen) atoms. The monoisotopic (exact) mass is 289 g/mol. The summed E-state index contributed by atoms with van der Waals surface area (Å²) in [6, 6.07) is 6.31. The zero-order valence-corrected chi connectivity index (χ0v) is 11.6. The minimum absolute atomic E-state index is 0.0327. The minimum atomic E-state index is -0.566. The molecule has 0 N–H and O–H groups in total. The second-order valence-corrected chi connectivity index (χ2v) is 4.88. The average Bonchev–Trinajstić information content (AvgIpc) is 2.53. The third-order valence-corrected chi connectivity index (χ3v) is 3.62. The van der Waals surface area contributed by atoms with Crippen molar-refractivity contribution in [1.29, 1.82) is 5.26 Å². The number of esters is 1. The normalized spacial score (nSPS) is 17.9. The molecule has 1 aromatic carbocycles.